The van der Waals surface area contributed by atoms with Crippen molar-refractivity contribution < 1.29 is 4.79 Å². The summed E-state index contributed by atoms with van der Waals surface area (Å²) in [7, 11) is 0. The highest BCUT2D eigenvalue weighted by atomic mass is 35.5. The minimum absolute atomic E-state index is 0. The average Bonchev–Trinajstić information content (AvgIpc) is 3.18. The van der Waals surface area contributed by atoms with Crippen LogP contribution < -0.4 is 10.2 Å². The van der Waals surface area contributed by atoms with E-state index in [1.165, 1.54) is 0 Å². The molecule has 7 heteroatoms. The molecule has 0 radical (unpaired) electrons. The summed E-state index contributed by atoms with van der Waals surface area (Å²) in [6.07, 6.45) is 5.36. The Kier molecular flexibility index (Phi) is 6.42. The van der Waals surface area contributed by atoms with Crippen molar-refractivity contribution in [2.45, 2.75) is 19.8 Å². The lowest BCUT2D eigenvalue weighted by Gasteiger charge is -2.29. The second-order valence-electron chi connectivity index (χ2n) is 6.50. The lowest BCUT2D eigenvalue weighted by atomic mass is 9.96. The number of anilines is 1. The van der Waals surface area contributed by atoms with E-state index in [1.54, 1.807) is 23.7 Å². The predicted octanol–water partition coefficient (Wildman–Crippen LogP) is 4.13. The monoisotopic (exact) mass is 402 g/mol. The van der Waals surface area contributed by atoms with Crippen LogP contribution in [0.1, 0.15) is 19.8 Å². The van der Waals surface area contributed by atoms with E-state index in [4.69, 9.17) is 4.98 Å². The molecule has 1 aliphatic heterocycles. The van der Waals surface area contributed by atoms with Crippen molar-refractivity contribution in [3.8, 4) is 11.3 Å². The van der Waals surface area contributed by atoms with E-state index in [0.717, 1.165) is 53.1 Å². The van der Waals surface area contributed by atoms with Gasteiger partial charge in [0.25, 0.3) is 0 Å². The van der Waals surface area contributed by atoms with Gasteiger partial charge in [0, 0.05) is 30.4 Å². The van der Waals surface area contributed by atoms with Gasteiger partial charge in [0.05, 0.1) is 21.6 Å². The van der Waals surface area contributed by atoms with E-state index in [9.17, 15) is 4.79 Å². The van der Waals surface area contributed by atoms with Crippen LogP contribution in [-0.2, 0) is 4.79 Å². The minimum Gasteiger partial charge on any atom is -0.317 e. The van der Waals surface area contributed by atoms with Gasteiger partial charge in [0.15, 0.2) is 0 Å². The quantitative estimate of drug-likeness (QED) is 0.712. The number of piperidine rings is 1. The maximum Gasteiger partial charge on any atom is 0.230 e. The first-order valence-electron chi connectivity index (χ1n) is 9.08. The molecule has 1 amide bonds. The molecule has 27 heavy (non-hydrogen) atoms. The molecule has 0 aliphatic carbocycles. The van der Waals surface area contributed by atoms with Crippen LogP contribution in [0.3, 0.4) is 0 Å². The second kappa shape index (κ2) is 8.78. The number of aromatic nitrogens is 2. The summed E-state index contributed by atoms with van der Waals surface area (Å²) in [6, 6.07) is 7.98. The van der Waals surface area contributed by atoms with Gasteiger partial charge >= 0.3 is 0 Å². The third kappa shape index (κ3) is 3.98. The largest absolute Gasteiger partial charge is 0.317 e. The fourth-order valence-electron chi connectivity index (χ4n) is 3.54. The zero-order valence-electron chi connectivity index (χ0n) is 15.2. The number of rotatable bonds is 4. The Hall–Kier alpha value is -2.02. The first-order valence-corrected chi connectivity index (χ1v) is 9.96. The maximum absolute atomic E-state index is 13.2. The molecule has 1 saturated heterocycles. The van der Waals surface area contributed by atoms with Crippen molar-refractivity contribution in [3.63, 3.8) is 0 Å². The number of nitrogens with zero attached hydrogens (tertiary/aromatic N) is 3. The van der Waals surface area contributed by atoms with Gasteiger partial charge < -0.3 is 10.2 Å². The Bertz CT molecular complexity index is 909. The number of nitrogens with one attached hydrogen (secondary N) is 1. The molecule has 4 heterocycles. The van der Waals surface area contributed by atoms with Crippen LogP contribution in [0, 0.1) is 5.92 Å². The molecule has 142 valence electrons. The Balaban J connectivity index is 0.00000210. The van der Waals surface area contributed by atoms with Gasteiger partial charge in [0.1, 0.15) is 0 Å². The highest BCUT2D eigenvalue weighted by Gasteiger charge is 2.27. The summed E-state index contributed by atoms with van der Waals surface area (Å²) >= 11 is 1.64. The molecular formula is C20H23ClN4OS. The Morgan fingerprint density at radius 3 is 2.70 bits per heavy atom. The number of halogens is 1. The fourth-order valence-corrected chi connectivity index (χ4v) is 4.40. The Labute approximate surface area is 169 Å². The van der Waals surface area contributed by atoms with Crippen LogP contribution >= 0.6 is 23.7 Å². The van der Waals surface area contributed by atoms with Crippen LogP contribution in [0.25, 0.3) is 21.5 Å². The molecule has 4 rings (SSSR count). The number of pyridine rings is 2. The van der Waals surface area contributed by atoms with Crippen molar-refractivity contribution in [2.24, 2.45) is 5.92 Å². The molecule has 0 atom stereocenters. The Morgan fingerprint density at radius 2 is 2.00 bits per heavy atom. The lowest BCUT2D eigenvalue weighted by molar-refractivity contribution is -0.123. The van der Waals surface area contributed by atoms with Crippen LogP contribution in [0.15, 0.2) is 42.0 Å². The Morgan fingerprint density at radius 1 is 1.26 bits per heavy atom. The zero-order valence-corrected chi connectivity index (χ0v) is 16.9. The smallest absolute Gasteiger partial charge is 0.230 e. The summed E-state index contributed by atoms with van der Waals surface area (Å²) in [5, 5.41) is 5.38. The summed E-state index contributed by atoms with van der Waals surface area (Å²) in [6.45, 7) is 4.54. The predicted molar refractivity (Wildman–Crippen MR) is 114 cm³/mol. The zero-order chi connectivity index (χ0) is 17.9. The second-order valence-corrected chi connectivity index (χ2v) is 7.42. The number of hydrogen-bond acceptors (Lipinski definition) is 5. The fraction of sp³-hybridized carbons (Fsp3) is 0.350. The molecule has 1 N–H and O–H groups in total. The van der Waals surface area contributed by atoms with E-state index < -0.39 is 0 Å². The molecule has 3 aromatic rings. The SMILES string of the molecule is CCN(C(=O)C1CCNCC1)c1cc(-c2ccncc2)nc2ccsc12.Cl. The summed E-state index contributed by atoms with van der Waals surface area (Å²) in [5.74, 6) is 0.333. The van der Waals surface area contributed by atoms with Gasteiger partial charge in [-0.3, -0.25) is 9.78 Å². The molecule has 0 saturated carbocycles. The van der Waals surface area contributed by atoms with E-state index in [2.05, 4.69) is 16.4 Å². The number of hydrogen-bond donors (Lipinski definition) is 1. The van der Waals surface area contributed by atoms with E-state index in [0.29, 0.717) is 6.54 Å². The van der Waals surface area contributed by atoms with Gasteiger partial charge in [-0.1, -0.05) is 0 Å². The molecule has 5 nitrogen and oxygen atoms in total. The number of amides is 1. The third-order valence-electron chi connectivity index (χ3n) is 4.93. The molecule has 0 bridgehead atoms. The van der Waals surface area contributed by atoms with Crippen molar-refractivity contribution in [1.82, 2.24) is 15.3 Å². The number of carbonyl (C=O) groups excluding carboxylic acids is 1. The van der Waals surface area contributed by atoms with Gasteiger partial charge in [-0.15, -0.1) is 23.7 Å². The lowest BCUT2D eigenvalue weighted by Crippen LogP contribution is -2.41. The van der Waals surface area contributed by atoms with Crippen LogP contribution in [0.2, 0.25) is 0 Å². The van der Waals surface area contributed by atoms with Crippen LogP contribution in [0.4, 0.5) is 5.69 Å². The van der Waals surface area contributed by atoms with Crippen molar-refractivity contribution >= 4 is 45.6 Å². The molecule has 0 unspecified atom stereocenters. The topological polar surface area (TPSA) is 58.1 Å². The normalized spacial score (nSPS) is 14.7. The third-order valence-corrected chi connectivity index (χ3v) is 5.86. The molecule has 1 aliphatic rings. The number of fused-ring (bicyclic) bond motifs is 1. The first kappa shape index (κ1) is 19.7. The standard InChI is InChI=1S/C20H22N4OS.ClH/c1-2-24(20(25)15-5-10-22-11-6-15)18-13-17(14-3-8-21-9-4-14)23-16-7-12-26-19(16)18;/h3-4,7-9,12-13,15,22H,2,5-6,10-11H2,1H3;1H. The molecule has 0 aromatic carbocycles. The summed E-state index contributed by atoms with van der Waals surface area (Å²) < 4.78 is 1.08. The van der Waals surface area contributed by atoms with Gasteiger partial charge in [0.2, 0.25) is 5.91 Å². The van der Waals surface area contributed by atoms with E-state index >= 15 is 0 Å². The highest BCUT2D eigenvalue weighted by molar-refractivity contribution is 7.17. The maximum atomic E-state index is 13.2. The van der Waals surface area contributed by atoms with Crippen LogP contribution in [0.5, 0.6) is 0 Å². The van der Waals surface area contributed by atoms with Gasteiger partial charge in [-0.25, -0.2) is 4.98 Å². The number of carbonyl (C=O) groups is 1. The van der Waals surface area contributed by atoms with E-state index in [-0.39, 0.29) is 24.2 Å². The molecule has 3 aromatic heterocycles. The van der Waals surface area contributed by atoms with Gasteiger partial charge in [-0.05, 0) is 62.5 Å². The van der Waals surface area contributed by atoms with Crippen molar-refractivity contribution in [2.75, 3.05) is 24.5 Å². The molecule has 1 fully saturated rings. The van der Waals surface area contributed by atoms with Crippen LogP contribution in [-0.4, -0.2) is 35.5 Å². The highest BCUT2D eigenvalue weighted by Crippen LogP contribution is 2.35. The van der Waals surface area contributed by atoms with E-state index in [1.807, 2.05) is 35.4 Å². The van der Waals surface area contributed by atoms with Crippen molar-refractivity contribution in [1.29, 1.82) is 0 Å². The average molecular weight is 403 g/mol. The molecule has 0 spiro atoms. The molecular weight excluding hydrogens is 380 g/mol. The van der Waals surface area contributed by atoms with Gasteiger partial charge in [-0.2, -0.15) is 0 Å². The first-order chi connectivity index (χ1) is 12.8. The minimum atomic E-state index is 0. The number of thiophene rings is 1. The summed E-state index contributed by atoms with van der Waals surface area (Å²) in [5.41, 5.74) is 3.81. The van der Waals surface area contributed by atoms with Crippen molar-refractivity contribution in [3.05, 3.63) is 42.0 Å². The summed E-state index contributed by atoms with van der Waals surface area (Å²) in [4.78, 5) is 24.0.